The van der Waals surface area contributed by atoms with Crippen molar-refractivity contribution in [3.63, 3.8) is 0 Å². The molecule has 3 aliphatic rings. The maximum Gasteiger partial charge on any atom is 0.224 e. The van der Waals surface area contributed by atoms with Gasteiger partial charge in [-0.2, -0.15) is 10.1 Å². The van der Waals surface area contributed by atoms with Crippen molar-refractivity contribution in [3.05, 3.63) is 54.1 Å². The van der Waals surface area contributed by atoms with Gasteiger partial charge in [-0.25, -0.2) is 4.98 Å². The molecule has 0 radical (unpaired) electrons. The van der Waals surface area contributed by atoms with Crippen LogP contribution in [0.2, 0.25) is 0 Å². The lowest BCUT2D eigenvalue weighted by Gasteiger charge is -2.32. The molecule has 1 aliphatic heterocycles. The lowest BCUT2D eigenvalue weighted by molar-refractivity contribution is -0.121. The van der Waals surface area contributed by atoms with Gasteiger partial charge in [-0.15, -0.1) is 0 Å². The molecular formula is C32H44N8O. The summed E-state index contributed by atoms with van der Waals surface area (Å²) in [5.74, 6) is 4.30. The molecule has 2 aliphatic carbocycles. The van der Waals surface area contributed by atoms with Crippen LogP contribution in [0.4, 0.5) is 17.6 Å². The predicted molar refractivity (Wildman–Crippen MR) is 161 cm³/mol. The van der Waals surface area contributed by atoms with Gasteiger partial charge >= 0.3 is 0 Å². The van der Waals surface area contributed by atoms with E-state index in [1.807, 2.05) is 18.3 Å². The molecule has 0 bridgehead atoms. The Kier molecular flexibility index (Phi) is 9.20. The fourth-order valence-corrected chi connectivity index (χ4v) is 6.97. The number of anilines is 3. The minimum atomic E-state index is 0.347. The second-order valence-corrected chi connectivity index (χ2v) is 12.4. The number of Topliss-reactive ketones (excluding diaryl/α,β-unsaturated/α-hetero) is 1. The third-order valence-electron chi connectivity index (χ3n) is 9.34. The van der Waals surface area contributed by atoms with Gasteiger partial charge in [-0.05, 0) is 94.5 Å². The van der Waals surface area contributed by atoms with Crippen molar-refractivity contribution in [2.24, 2.45) is 11.8 Å². The highest BCUT2D eigenvalue weighted by Gasteiger charge is 2.26. The van der Waals surface area contributed by atoms with Gasteiger partial charge < -0.3 is 10.6 Å². The lowest BCUT2D eigenvalue weighted by atomic mass is 9.81. The average molecular weight is 557 g/mol. The quantitative estimate of drug-likeness (QED) is 0.255. The van der Waals surface area contributed by atoms with Crippen molar-refractivity contribution in [1.82, 2.24) is 30.0 Å². The smallest absolute Gasteiger partial charge is 0.224 e. The first-order chi connectivity index (χ1) is 20.2. The Labute approximate surface area is 243 Å². The van der Waals surface area contributed by atoms with E-state index in [4.69, 9.17) is 0 Å². The first kappa shape index (κ1) is 27.8. The monoisotopic (exact) mass is 556 g/mol. The summed E-state index contributed by atoms with van der Waals surface area (Å²) in [5, 5.41) is 14.5. The summed E-state index contributed by atoms with van der Waals surface area (Å²) in [4.78, 5) is 29.0. The summed E-state index contributed by atoms with van der Waals surface area (Å²) < 4.78 is 0. The normalized spacial score (nSPS) is 22.5. The van der Waals surface area contributed by atoms with Crippen LogP contribution in [-0.4, -0.2) is 55.0 Å². The zero-order chi connectivity index (χ0) is 27.9. The molecule has 2 saturated carbocycles. The Hall–Kier alpha value is -3.33. The predicted octanol–water partition coefficient (Wildman–Crippen LogP) is 6.23. The van der Waals surface area contributed by atoms with Crippen LogP contribution in [0.5, 0.6) is 0 Å². The number of ketones is 1. The van der Waals surface area contributed by atoms with Crippen LogP contribution in [0.25, 0.3) is 0 Å². The van der Waals surface area contributed by atoms with E-state index in [-0.39, 0.29) is 0 Å². The van der Waals surface area contributed by atoms with E-state index < -0.39 is 0 Å². The molecule has 0 unspecified atom stereocenters. The Bertz CT molecular complexity index is 1240. The van der Waals surface area contributed by atoms with Crippen LogP contribution in [-0.2, 0) is 11.3 Å². The van der Waals surface area contributed by atoms with E-state index in [9.17, 15) is 4.79 Å². The second kappa shape index (κ2) is 13.6. The fourth-order valence-electron chi connectivity index (χ4n) is 6.97. The molecule has 0 aromatic carbocycles. The van der Waals surface area contributed by atoms with Crippen molar-refractivity contribution in [2.75, 3.05) is 23.7 Å². The number of nitrogens with one attached hydrogen (secondary N) is 3. The second-order valence-electron chi connectivity index (χ2n) is 12.4. The van der Waals surface area contributed by atoms with E-state index in [0.717, 1.165) is 88.3 Å². The van der Waals surface area contributed by atoms with Gasteiger partial charge in [0.2, 0.25) is 5.95 Å². The molecule has 41 heavy (non-hydrogen) atoms. The largest absolute Gasteiger partial charge is 0.351 e. The Morgan fingerprint density at radius 3 is 2.41 bits per heavy atom. The summed E-state index contributed by atoms with van der Waals surface area (Å²) in [6.07, 6.45) is 16.7. The first-order valence-corrected chi connectivity index (χ1v) is 15.7. The first-order valence-electron chi connectivity index (χ1n) is 15.7. The number of carbonyl (C=O) groups is 1. The Morgan fingerprint density at radius 1 is 0.878 bits per heavy atom. The maximum atomic E-state index is 12.9. The number of aromatic amines is 1. The highest BCUT2D eigenvalue weighted by Crippen LogP contribution is 2.34. The summed E-state index contributed by atoms with van der Waals surface area (Å²) in [6, 6.07) is 10.4. The third-order valence-corrected chi connectivity index (χ3v) is 9.34. The van der Waals surface area contributed by atoms with Crippen LogP contribution in [0.1, 0.15) is 94.4 Å². The molecular weight excluding hydrogens is 512 g/mol. The van der Waals surface area contributed by atoms with Crippen molar-refractivity contribution < 1.29 is 4.79 Å². The van der Waals surface area contributed by atoms with E-state index in [1.165, 1.54) is 31.4 Å². The minimum Gasteiger partial charge on any atom is -0.351 e. The molecule has 0 amide bonds. The van der Waals surface area contributed by atoms with Gasteiger partial charge in [-0.1, -0.05) is 18.9 Å². The molecule has 9 heteroatoms. The third kappa shape index (κ3) is 7.91. The molecule has 0 atom stereocenters. The summed E-state index contributed by atoms with van der Waals surface area (Å²) in [7, 11) is 0. The Morgan fingerprint density at radius 2 is 1.66 bits per heavy atom. The van der Waals surface area contributed by atoms with E-state index >= 15 is 0 Å². The summed E-state index contributed by atoms with van der Waals surface area (Å²) >= 11 is 0. The highest BCUT2D eigenvalue weighted by molar-refractivity contribution is 5.78. The van der Waals surface area contributed by atoms with Gasteiger partial charge in [0.15, 0.2) is 5.82 Å². The van der Waals surface area contributed by atoms with E-state index in [2.05, 4.69) is 58.9 Å². The van der Waals surface area contributed by atoms with Gasteiger partial charge in [0.05, 0.1) is 5.69 Å². The fraction of sp³-hybridized carbons (Fsp3) is 0.594. The summed E-state index contributed by atoms with van der Waals surface area (Å²) in [6.45, 7) is 3.04. The zero-order valence-electron chi connectivity index (χ0n) is 24.1. The number of likely N-dealkylation sites (tertiary alicyclic amines) is 1. The highest BCUT2D eigenvalue weighted by atomic mass is 16.1. The number of hydrogen-bond donors (Lipinski definition) is 3. The maximum absolute atomic E-state index is 12.9. The van der Waals surface area contributed by atoms with Crippen molar-refractivity contribution in [3.8, 4) is 0 Å². The number of aromatic nitrogens is 5. The molecule has 0 spiro atoms. The van der Waals surface area contributed by atoms with E-state index in [0.29, 0.717) is 35.5 Å². The van der Waals surface area contributed by atoms with Crippen LogP contribution >= 0.6 is 0 Å². The molecule has 3 aromatic heterocycles. The number of rotatable bonds is 11. The molecule has 3 fully saturated rings. The topological polar surface area (TPSA) is 112 Å². The van der Waals surface area contributed by atoms with Gasteiger partial charge in [-0.3, -0.25) is 19.8 Å². The Balaban J connectivity index is 0.894. The van der Waals surface area contributed by atoms with Crippen LogP contribution in [0, 0.1) is 11.8 Å². The number of piperidine rings is 1. The number of H-pyrrole nitrogens is 1. The lowest BCUT2D eigenvalue weighted by Crippen LogP contribution is -2.34. The van der Waals surface area contributed by atoms with Crippen molar-refractivity contribution in [1.29, 1.82) is 0 Å². The molecule has 6 rings (SSSR count). The van der Waals surface area contributed by atoms with Crippen LogP contribution in [0.15, 0.2) is 42.7 Å². The van der Waals surface area contributed by atoms with E-state index in [1.54, 1.807) is 6.20 Å². The molecule has 3 N–H and O–H groups in total. The van der Waals surface area contributed by atoms with Crippen LogP contribution < -0.4 is 10.6 Å². The number of carbonyl (C=O) groups excluding carboxylic acids is 1. The minimum absolute atomic E-state index is 0.347. The molecule has 1 saturated heterocycles. The standard InChI is InChI=1S/C32H44N8O/c41-28(20-24-13-17-40(18-14-24)22-27-7-3-4-15-33-27)19-23-8-10-26(11-9-23)35-32-34-16-12-30(37-32)36-31-21-29(38-39-31)25-5-1-2-6-25/h3-4,7,12,15-16,21,23-26H,1-2,5-6,8-11,13-14,17-20,22H2,(H3,34,35,36,37,38,39). The molecule has 218 valence electrons. The number of hydrogen-bond acceptors (Lipinski definition) is 8. The SMILES string of the molecule is O=C(CC1CCC(Nc2nccc(Nc3cc(C4CCCC4)[nH]n3)n2)CC1)CC1CCN(Cc2ccccn2)CC1. The number of nitrogens with zero attached hydrogens (tertiary/aromatic N) is 5. The average Bonchev–Trinajstić information content (AvgIpc) is 3.69. The number of pyridine rings is 1. The van der Waals surface area contributed by atoms with Crippen molar-refractivity contribution in [2.45, 2.75) is 95.6 Å². The van der Waals surface area contributed by atoms with Gasteiger partial charge in [0, 0.05) is 55.5 Å². The molecule has 4 heterocycles. The molecule has 9 nitrogen and oxygen atoms in total. The molecule has 3 aromatic rings. The van der Waals surface area contributed by atoms with Gasteiger partial charge in [0.1, 0.15) is 11.6 Å². The van der Waals surface area contributed by atoms with Gasteiger partial charge in [0.25, 0.3) is 0 Å². The zero-order valence-corrected chi connectivity index (χ0v) is 24.1. The van der Waals surface area contributed by atoms with Crippen LogP contribution in [0.3, 0.4) is 0 Å². The van der Waals surface area contributed by atoms with Crippen molar-refractivity contribution >= 4 is 23.4 Å². The summed E-state index contributed by atoms with van der Waals surface area (Å²) in [5.41, 5.74) is 2.35.